The number of fused-ring (bicyclic) bond motifs is 2. The van der Waals surface area contributed by atoms with E-state index in [0.717, 1.165) is 44.2 Å². The van der Waals surface area contributed by atoms with Crippen LogP contribution < -0.4 is 4.90 Å². The molecule has 3 nitrogen and oxygen atoms in total. The first-order chi connectivity index (χ1) is 15.5. The molecule has 0 amide bonds. The van der Waals surface area contributed by atoms with E-state index in [2.05, 4.69) is 0 Å². The zero-order valence-corrected chi connectivity index (χ0v) is 17.1. The zero-order chi connectivity index (χ0) is 24.4. The van der Waals surface area contributed by atoms with Crippen LogP contribution in [0, 0.1) is 28.5 Å². The van der Waals surface area contributed by atoms with Crippen molar-refractivity contribution in [2.24, 2.45) is 0 Å². The Morgan fingerprint density at radius 3 is 1.70 bits per heavy atom. The van der Waals surface area contributed by atoms with Crippen molar-refractivity contribution in [2.45, 2.75) is 56.5 Å². The first-order valence-electron chi connectivity index (χ1n) is 10.1. The summed E-state index contributed by atoms with van der Waals surface area (Å²) in [4.78, 5) is 1.95. The van der Waals surface area contributed by atoms with E-state index >= 15 is 0 Å². The van der Waals surface area contributed by atoms with Crippen LogP contribution in [0.15, 0.2) is 36.4 Å². The van der Waals surface area contributed by atoms with Gasteiger partial charge < -0.3 is 4.90 Å². The molecule has 4 rings (SSSR count). The van der Waals surface area contributed by atoms with Crippen molar-refractivity contribution in [2.75, 3.05) is 4.90 Å². The fourth-order valence-electron chi connectivity index (χ4n) is 4.38. The normalized spacial score (nSPS) is 19.8. The van der Waals surface area contributed by atoms with Crippen molar-refractivity contribution in [3.05, 3.63) is 64.5 Å². The summed E-state index contributed by atoms with van der Waals surface area (Å²) in [7, 11) is 0. The molecule has 0 saturated carbocycles. The highest BCUT2D eigenvalue weighted by molar-refractivity contribution is 5.60. The predicted molar refractivity (Wildman–Crippen MR) is 105 cm³/mol. The second kappa shape index (κ2) is 9.30. The average Bonchev–Trinajstić information content (AvgIpc) is 3.00. The maximum atomic E-state index is 13.3. The van der Waals surface area contributed by atoms with Crippen LogP contribution in [0.5, 0.6) is 0 Å². The molecule has 0 spiro atoms. The second-order valence-electron chi connectivity index (χ2n) is 7.87. The summed E-state index contributed by atoms with van der Waals surface area (Å²) in [6, 6.07) is 9.77. The third-order valence-electron chi connectivity index (χ3n) is 5.80. The van der Waals surface area contributed by atoms with Crippen LogP contribution >= 0.6 is 0 Å². The van der Waals surface area contributed by atoms with Gasteiger partial charge in [-0.1, -0.05) is 0 Å². The van der Waals surface area contributed by atoms with E-state index in [-0.39, 0.29) is 28.9 Å². The SMILES string of the molecule is N#Cc1ccc(F)c(C(F)(F)F)c1.N#Cc1ccc(N2C3CCCC2CC3)c(C(F)(F)F)c1. The molecule has 2 aliphatic rings. The predicted octanol–water partition coefficient (Wildman–Crippen LogP) is 6.81. The third kappa shape index (κ3) is 5.39. The second-order valence-corrected chi connectivity index (χ2v) is 7.87. The lowest BCUT2D eigenvalue weighted by molar-refractivity contribution is -0.140. The number of piperidine rings is 1. The maximum absolute atomic E-state index is 13.3. The molecule has 2 heterocycles. The third-order valence-corrected chi connectivity index (χ3v) is 5.80. The van der Waals surface area contributed by atoms with Gasteiger partial charge in [0.1, 0.15) is 5.82 Å². The van der Waals surface area contributed by atoms with Gasteiger partial charge in [0, 0.05) is 17.8 Å². The minimum Gasteiger partial charge on any atom is -0.365 e. The number of hydrogen-bond acceptors (Lipinski definition) is 3. The zero-order valence-electron chi connectivity index (χ0n) is 17.1. The minimum absolute atomic E-state index is 0.0606. The summed E-state index contributed by atoms with van der Waals surface area (Å²) < 4.78 is 88.4. The molecule has 2 bridgehead atoms. The number of benzene rings is 2. The molecule has 33 heavy (non-hydrogen) atoms. The molecule has 0 aromatic heterocycles. The van der Waals surface area contributed by atoms with E-state index in [4.69, 9.17) is 10.5 Å². The number of hydrogen-bond donors (Lipinski definition) is 0. The van der Waals surface area contributed by atoms with E-state index in [1.54, 1.807) is 6.07 Å². The van der Waals surface area contributed by atoms with E-state index in [1.165, 1.54) is 18.2 Å². The molecule has 10 heteroatoms. The van der Waals surface area contributed by atoms with Gasteiger partial charge in [-0.05, 0) is 68.5 Å². The van der Waals surface area contributed by atoms with E-state index < -0.39 is 29.3 Å². The number of rotatable bonds is 1. The fourth-order valence-corrected chi connectivity index (χ4v) is 4.38. The van der Waals surface area contributed by atoms with Gasteiger partial charge in [0.2, 0.25) is 0 Å². The standard InChI is InChI=1S/C15H15F3N2.C8H3F4N/c16-15(17,18)13-8-10(9-19)4-7-14(13)20-11-2-1-3-12(20)6-5-11;9-7-2-1-5(4-13)3-6(7)8(10,11)12/h4,7-8,11-12H,1-3,5-6H2;1-3H. The number of alkyl halides is 6. The molecular weight excluding hydrogens is 451 g/mol. The molecule has 0 N–H and O–H groups in total. The Labute approximate surface area is 185 Å². The molecule has 174 valence electrons. The fraction of sp³-hybridized carbons (Fsp3) is 0.391. The lowest BCUT2D eigenvalue weighted by Crippen LogP contribution is -2.40. The first-order valence-corrected chi connectivity index (χ1v) is 10.1. The Kier molecular flexibility index (Phi) is 6.87. The van der Waals surface area contributed by atoms with Crippen LogP contribution in [-0.2, 0) is 12.4 Å². The van der Waals surface area contributed by atoms with Crippen molar-refractivity contribution in [3.63, 3.8) is 0 Å². The first kappa shape index (κ1) is 24.4. The van der Waals surface area contributed by atoms with Crippen molar-refractivity contribution in [1.29, 1.82) is 10.5 Å². The minimum atomic E-state index is -4.75. The summed E-state index contributed by atoms with van der Waals surface area (Å²) >= 11 is 0. The van der Waals surface area contributed by atoms with Crippen molar-refractivity contribution in [3.8, 4) is 12.1 Å². The lowest BCUT2D eigenvalue weighted by atomic mass is 9.99. The van der Waals surface area contributed by atoms with Gasteiger partial charge >= 0.3 is 12.4 Å². The van der Waals surface area contributed by atoms with Crippen LogP contribution in [0.25, 0.3) is 0 Å². The van der Waals surface area contributed by atoms with E-state index in [1.807, 2.05) is 4.90 Å². The topological polar surface area (TPSA) is 50.8 Å². The highest BCUT2D eigenvalue weighted by Gasteiger charge is 2.42. The van der Waals surface area contributed by atoms with Gasteiger partial charge in [-0.25, -0.2) is 4.39 Å². The molecule has 2 atom stereocenters. The highest BCUT2D eigenvalue weighted by Crippen LogP contribution is 2.44. The van der Waals surface area contributed by atoms with Crippen LogP contribution in [-0.4, -0.2) is 12.1 Å². The van der Waals surface area contributed by atoms with Gasteiger partial charge in [0.05, 0.1) is 34.4 Å². The molecule has 2 fully saturated rings. The van der Waals surface area contributed by atoms with Gasteiger partial charge in [0.25, 0.3) is 0 Å². The number of anilines is 1. The van der Waals surface area contributed by atoms with Crippen LogP contribution in [0.4, 0.5) is 36.4 Å². The highest BCUT2D eigenvalue weighted by atomic mass is 19.4. The summed E-state index contributed by atoms with van der Waals surface area (Å²) in [6.07, 6.45) is -4.19. The largest absolute Gasteiger partial charge is 0.419 e. The Hall–Kier alpha value is -3.27. The van der Waals surface area contributed by atoms with E-state index in [0.29, 0.717) is 12.1 Å². The summed E-state index contributed by atoms with van der Waals surface area (Å²) in [5, 5.41) is 17.1. The number of halogens is 7. The molecule has 0 aliphatic carbocycles. The van der Waals surface area contributed by atoms with E-state index in [9.17, 15) is 30.7 Å². The quantitative estimate of drug-likeness (QED) is 0.431. The van der Waals surface area contributed by atoms with Gasteiger partial charge in [-0.3, -0.25) is 0 Å². The van der Waals surface area contributed by atoms with Crippen LogP contribution in [0.1, 0.15) is 54.4 Å². The number of nitriles is 2. The Bertz CT molecular complexity index is 1080. The van der Waals surface area contributed by atoms with Gasteiger partial charge in [-0.2, -0.15) is 36.9 Å². The summed E-state index contributed by atoms with van der Waals surface area (Å²) in [5.41, 5.74) is -1.98. The lowest BCUT2D eigenvalue weighted by Gasteiger charge is -2.38. The molecule has 2 saturated heterocycles. The molecule has 0 radical (unpaired) electrons. The molecule has 2 unspecified atom stereocenters. The van der Waals surface area contributed by atoms with Gasteiger partial charge in [-0.15, -0.1) is 0 Å². The number of nitrogens with zero attached hydrogens (tertiary/aromatic N) is 3. The maximum Gasteiger partial charge on any atom is 0.419 e. The smallest absolute Gasteiger partial charge is 0.365 e. The molecule has 2 aromatic carbocycles. The average molecular weight is 469 g/mol. The Morgan fingerprint density at radius 1 is 0.727 bits per heavy atom. The van der Waals surface area contributed by atoms with Crippen molar-refractivity contribution < 1.29 is 30.7 Å². The van der Waals surface area contributed by atoms with Crippen molar-refractivity contribution >= 4 is 5.69 Å². The molecule has 2 aromatic rings. The van der Waals surface area contributed by atoms with Gasteiger partial charge in [0.15, 0.2) is 0 Å². The molecule has 2 aliphatic heterocycles. The monoisotopic (exact) mass is 469 g/mol. The van der Waals surface area contributed by atoms with Crippen LogP contribution in [0.2, 0.25) is 0 Å². The Morgan fingerprint density at radius 2 is 1.21 bits per heavy atom. The van der Waals surface area contributed by atoms with Crippen LogP contribution in [0.3, 0.4) is 0 Å². The Balaban J connectivity index is 0.000000205. The molecular formula is C23H18F7N3. The summed E-state index contributed by atoms with van der Waals surface area (Å²) in [5.74, 6) is -1.37. The summed E-state index contributed by atoms with van der Waals surface area (Å²) in [6.45, 7) is 0. The van der Waals surface area contributed by atoms with Crippen molar-refractivity contribution in [1.82, 2.24) is 0 Å².